The van der Waals surface area contributed by atoms with Gasteiger partial charge in [0, 0.05) is 23.6 Å². The minimum atomic E-state index is 0.494. The third-order valence-electron chi connectivity index (χ3n) is 9.56. The molecule has 0 aliphatic carbocycles. The van der Waals surface area contributed by atoms with Gasteiger partial charge in [0.15, 0.2) is 0 Å². The number of hydrogen-bond acceptors (Lipinski definition) is 3. The Kier molecular flexibility index (Phi) is 9.71. The molecule has 252 valence electrons. The van der Waals surface area contributed by atoms with E-state index in [-0.39, 0.29) is 0 Å². The highest BCUT2D eigenvalue weighted by Gasteiger charge is 2.11. The first kappa shape index (κ1) is 33.2. The van der Waals surface area contributed by atoms with Crippen LogP contribution in [0.4, 0.5) is 0 Å². The van der Waals surface area contributed by atoms with Gasteiger partial charge in [-0.3, -0.25) is 15.0 Å². The Bertz CT molecular complexity index is 2730. The lowest BCUT2D eigenvalue weighted by molar-refractivity contribution is 1.07. The molecular formula is C50H37N3. The van der Waals surface area contributed by atoms with E-state index in [1.165, 1.54) is 43.1 Å². The molecular weight excluding hydrogens is 643 g/mol. The van der Waals surface area contributed by atoms with E-state index >= 15 is 0 Å². The summed E-state index contributed by atoms with van der Waals surface area (Å²) < 4.78 is 0. The number of fused-ring (bicyclic) bond motifs is 7. The van der Waals surface area contributed by atoms with Crippen molar-refractivity contribution in [3.05, 3.63) is 217 Å². The van der Waals surface area contributed by atoms with Crippen molar-refractivity contribution in [2.24, 2.45) is 15.0 Å². The summed E-state index contributed by atoms with van der Waals surface area (Å²) in [7, 11) is 0. The highest BCUT2D eigenvalue weighted by molar-refractivity contribution is 6.25. The van der Waals surface area contributed by atoms with E-state index in [4.69, 9.17) is 4.99 Å². The summed E-state index contributed by atoms with van der Waals surface area (Å²) in [5.41, 5.74) is 6.85. The summed E-state index contributed by atoms with van der Waals surface area (Å²) in [5, 5.41) is 9.96. The molecule has 8 rings (SSSR count). The minimum Gasteiger partial charge on any atom is -0.280 e. The Morgan fingerprint density at radius 1 is 0.566 bits per heavy atom. The zero-order chi connectivity index (χ0) is 35.8. The van der Waals surface area contributed by atoms with Crippen molar-refractivity contribution in [3.8, 4) is 11.1 Å². The Labute approximate surface area is 310 Å². The van der Waals surface area contributed by atoms with Crippen molar-refractivity contribution in [1.29, 1.82) is 0 Å². The summed E-state index contributed by atoms with van der Waals surface area (Å²) in [6.07, 6.45) is 21.3. The standard InChI is InChI=1S/C50H37N3/c1-51-49(38-16-4-2-3-12-29-52-30-13-11-17-38)34-50(42-20-14-19-40(33-42)41-27-26-37-15-5-6-18-39(37)32-41)53-35-36-25-28-47-45-23-8-7-21-43(45)44-22-9-10-24-46(44)48(47)31-36/h2-34H,1,35H2/b3-2-,4-2?,12-3?,13-11+,16-4-,17-11?,29-12-,30-13?,38-16?,38-17+,49-34-,52-29?,52-30+,53-50?. The first-order valence-corrected chi connectivity index (χ1v) is 17.8. The first-order chi connectivity index (χ1) is 26.2. The van der Waals surface area contributed by atoms with E-state index in [0.717, 1.165) is 39.2 Å². The molecule has 0 saturated heterocycles. The van der Waals surface area contributed by atoms with Gasteiger partial charge in [-0.05, 0) is 103 Å². The van der Waals surface area contributed by atoms with Crippen LogP contribution in [0.15, 0.2) is 221 Å². The van der Waals surface area contributed by atoms with Gasteiger partial charge >= 0.3 is 0 Å². The summed E-state index contributed by atoms with van der Waals surface area (Å²) in [5.74, 6) is 0. The number of hydrogen-bond donors (Lipinski definition) is 0. The van der Waals surface area contributed by atoms with Crippen molar-refractivity contribution in [2.45, 2.75) is 6.54 Å². The highest BCUT2D eigenvalue weighted by Crippen LogP contribution is 2.35. The van der Waals surface area contributed by atoms with Crippen LogP contribution in [0, 0.1) is 0 Å². The molecule has 1 heterocycles. The molecule has 0 aromatic heterocycles. The van der Waals surface area contributed by atoms with Gasteiger partial charge in [0.2, 0.25) is 0 Å². The Balaban J connectivity index is 1.25. The molecule has 3 heteroatoms. The molecule has 7 aromatic carbocycles. The number of aliphatic imine (C=N–C) groups is 3. The summed E-state index contributed by atoms with van der Waals surface area (Å²) in [4.78, 5) is 14.1. The molecule has 0 unspecified atom stereocenters. The molecule has 0 radical (unpaired) electrons. The van der Waals surface area contributed by atoms with Gasteiger partial charge < -0.3 is 0 Å². The molecule has 0 fully saturated rings. The van der Waals surface area contributed by atoms with Crippen molar-refractivity contribution < 1.29 is 0 Å². The molecule has 0 amide bonds. The molecule has 1 aliphatic heterocycles. The van der Waals surface area contributed by atoms with Gasteiger partial charge in [0.25, 0.3) is 0 Å². The van der Waals surface area contributed by atoms with E-state index in [0.29, 0.717) is 6.54 Å². The second kappa shape index (κ2) is 15.5. The van der Waals surface area contributed by atoms with Crippen LogP contribution < -0.4 is 0 Å². The lowest BCUT2D eigenvalue weighted by Crippen LogP contribution is -2.01. The van der Waals surface area contributed by atoms with Crippen molar-refractivity contribution >= 4 is 61.7 Å². The van der Waals surface area contributed by atoms with Gasteiger partial charge in [-0.15, -0.1) is 0 Å². The predicted octanol–water partition coefficient (Wildman–Crippen LogP) is 12.7. The van der Waals surface area contributed by atoms with E-state index in [2.05, 4.69) is 150 Å². The molecule has 0 N–H and O–H groups in total. The first-order valence-electron chi connectivity index (χ1n) is 17.8. The summed E-state index contributed by atoms with van der Waals surface area (Å²) in [6.45, 7) is 4.48. The van der Waals surface area contributed by atoms with Crippen molar-refractivity contribution in [3.63, 3.8) is 0 Å². The highest BCUT2D eigenvalue weighted by atomic mass is 14.8. The fourth-order valence-electron chi connectivity index (χ4n) is 6.95. The average Bonchev–Trinajstić information content (AvgIpc) is 3.21. The Morgan fingerprint density at radius 3 is 2.06 bits per heavy atom. The quantitative estimate of drug-likeness (QED) is 0.119. The van der Waals surface area contributed by atoms with Gasteiger partial charge in [-0.25, -0.2) is 0 Å². The Hall–Kier alpha value is -6.97. The lowest BCUT2D eigenvalue weighted by atomic mass is 9.93. The lowest BCUT2D eigenvalue weighted by Gasteiger charge is -2.12. The van der Waals surface area contributed by atoms with Gasteiger partial charge in [-0.2, -0.15) is 0 Å². The van der Waals surface area contributed by atoms with E-state index < -0.39 is 0 Å². The molecule has 3 nitrogen and oxygen atoms in total. The fourth-order valence-corrected chi connectivity index (χ4v) is 6.95. The zero-order valence-electron chi connectivity index (χ0n) is 29.3. The molecule has 0 saturated carbocycles. The molecule has 53 heavy (non-hydrogen) atoms. The topological polar surface area (TPSA) is 37.1 Å². The van der Waals surface area contributed by atoms with Crippen LogP contribution in [-0.4, -0.2) is 18.6 Å². The van der Waals surface area contributed by atoms with Crippen molar-refractivity contribution in [2.75, 3.05) is 0 Å². The monoisotopic (exact) mass is 679 g/mol. The maximum atomic E-state index is 5.32. The third-order valence-corrected chi connectivity index (χ3v) is 9.56. The maximum Gasteiger partial charge on any atom is 0.0716 e. The van der Waals surface area contributed by atoms with Gasteiger partial charge in [-0.1, -0.05) is 152 Å². The van der Waals surface area contributed by atoms with Crippen LogP contribution in [0.5, 0.6) is 0 Å². The van der Waals surface area contributed by atoms with Gasteiger partial charge in [0.05, 0.1) is 18.0 Å². The summed E-state index contributed by atoms with van der Waals surface area (Å²) in [6, 6.07) is 47.8. The largest absolute Gasteiger partial charge is 0.280 e. The smallest absolute Gasteiger partial charge is 0.0716 e. The minimum absolute atomic E-state index is 0.494. The van der Waals surface area contributed by atoms with Crippen LogP contribution in [0.3, 0.4) is 0 Å². The number of rotatable bonds is 7. The number of nitrogens with zero attached hydrogens (tertiary/aromatic N) is 3. The van der Waals surface area contributed by atoms with Gasteiger partial charge in [0.1, 0.15) is 0 Å². The number of benzene rings is 7. The SMILES string of the molecule is C=NC(=C\C(=NCc1ccc2c3ccccc3c3ccccc3c2c1)c1cccc(-c2ccc3ccccc3c2)c1)/C1=C/C=C/C=N/C=C\C=C/C=C\1. The molecule has 0 bridgehead atoms. The van der Waals surface area contributed by atoms with E-state index in [9.17, 15) is 0 Å². The maximum absolute atomic E-state index is 5.32. The fraction of sp³-hybridized carbons (Fsp3) is 0.0200. The van der Waals surface area contributed by atoms with Crippen molar-refractivity contribution in [1.82, 2.24) is 0 Å². The average molecular weight is 680 g/mol. The van der Waals surface area contributed by atoms with E-state index in [1.807, 2.05) is 54.7 Å². The van der Waals surface area contributed by atoms with Crippen LogP contribution in [-0.2, 0) is 6.54 Å². The summed E-state index contributed by atoms with van der Waals surface area (Å²) >= 11 is 0. The van der Waals surface area contributed by atoms with Crippen LogP contribution in [0.2, 0.25) is 0 Å². The Morgan fingerprint density at radius 2 is 1.26 bits per heavy atom. The second-order valence-electron chi connectivity index (χ2n) is 12.9. The third kappa shape index (κ3) is 7.28. The molecule has 7 aromatic rings. The van der Waals surface area contributed by atoms with Crippen LogP contribution in [0.25, 0.3) is 54.2 Å². The molecule has 1 aliphatic rings. The molecule has 0 spiro atoms. The normalized spacial score (nSPS) is 17.8. The second-order valence-corrected chi connectivity index (χ2v) is 12.9. The van der Waals surface area contributed by atoms with Crippen LogP contribution >= 0.6 is 0 Å². The zero-order valence-corrected chi connectivity index (χ0v) is 29.3. The predicted molar refractivity (Wildman–Crippen MR) is 229 cm³/mol. The number of allylic oxidation sites excluding steroid dienone is 9. The molecule has 0 atom stereocenters. The van der Waals surface area contributed by atoms with E-state index in [1.54, 1.807) is 12.4 Å². The van der Waals surface area contributed by atoms with Crippen LogP contribution in [0.1, 0.15) is 11.1 Å².